The van der Waals surface area contributed by atoms with Gasteiger partial charge >= 0.3 is 6.18 Å². The minimum Gasteiger partial charge on any atom is -0.440 e. The van der Waals surface area contributed by atoms with Crippen molar-refractivity contribution >= 4 is 34.5 Å². The van der Waals surface area contributed by atoms with E-state index >= 15 is 0 Å². The maximum atomic E-state index is 13.4. The van der Waals surface area contributed by atoms with E-state index in [2.05, 4.69) is 15.6 Å². The lowest BCUT2D eigenvalue weighted by Crippen LogP contribution is -2.52. The Morgan fingerprint density at radius 1 is 1.23 bits per heavy atom. The number of carbonyl (C=O) groups is 2. The molecule has 1 aliphatic rings. The molecule has 0 saturated heterocycles. The van der Waals surface area contributed by atoms with Gasteiger partial charge in [-0.1, -0.05) is 29.8 Å². The van der Waals surface area contributed by atoms with E-state index in [1.54, 1.807) is 31.2 Å². The number of amides is 2. The molecule has 35 heavy (non-hydrogen) atoms. The highest BCUT2D eigenvalue weighted by Gasteiger charge is 2.46. The normalized spacial score (nSPS) is 16.2. The maximum Gasteiger partial charge on any atom is 0.420 e. The first-order chi connectivity index (χ1) is 16.5. The lowest BCUT2D eigenvalue weighted by molar-refractivity contribution is -0.137. The van der Waals surface area contributed by atoms with Crippen molar-refractivity contribution < 1.29 is 27.2 Å². The summed E-state index contributed by atoms with van der Waals surface area (Å²) in [6, 6.07) is 10.9. The van der Waals surface area contributed by atoms with E-state index in [9.17, 15) is 28.0 Å². The molecule has 2 N–H and O–H groups in total. The van der Waals surface area contributed by atoms with E-state index in [1.165, 1.54) is 12.1 Å². The van der Waals surface area contributed by atoms with Crippen LogP contribution in [-0.4, -0.2) is 28.4 Å². The second-order valence-corrected chi connectivity index (χ2v) is 8.92. The smallest absolute Gasteiger partial charge is 0.420 e. The molecule has 0 spiro atoms. The quantitative estimate of drug-likeness (QED) is 0.492. The molecule has 1 saturated carbocycles. The third kappa shape index (κ3) is 5.41. The van der Waals surface area contributed by atoms with Crippen molar-refractivity contribution in [2.24, 2.45) is 0 Å². The zero-order valence-electron chi connectivity index (χ0n) is 18.4. The SMILES string of the molecule is C[C@H](C(=O)NC(Cc1nc2cccc(C(F)(F)F)c2o1)C(=O)NC1(C#N)CC1)c1cccc(Cl)c1. The molecule has 1 aliphatic carbocycles. The van der Waals surface area contributed by atoms with Crippen LogP contribution in [0, 0.1) is 11.3 Å². The summed E-state index contributed by atoms with van der Waals surface area (Å²) < 4.78 is 45.4. The molecule has 4 rings (SSSR count). The standard InChI is InChI=1S/C24H20ClF3N4O3/c1-13(14-4-2-5-15(25)10-14)21(33)31-18(22(34)32-23(12-29)8-9-23)11-19-30-17-7-3-6-16(20(17)35-19)24(26,27)28/h2-7,10,13,18H,8-9,11H2,1H3,(H,31,33)(H,32,34)/t13-,18?/m0/s1. The molecule has 0 bridgehead atoms. The molecule has 2 atom stereocenters. The van der Waals surface area contributed by atoms with Crippen LogP contribution in [0.5, 0.6) is 0 Å². The number of fused-ring (bicyclic) bond motifs is 1. The summed E-state index contributed by atoms with van der Waals surface area (Å²) in [7, 11) is 0. The van der Waals surface area contributed by atoms with Gasteiger partial charge in [0.1, 0.15) is 22.7 Å². The zero-order chi connectivity index (χ0) is 25.4. The summed E-state index contributed by atoms with van der Waals surface area (Å²) in [6.07, 6.45) is -4.04. The summed E-state index contributed by atoms with van der Waals surface area (Å²) in [4.78, 5) is 30.1. The van der Waals surface area contributed by atoms with Gasteiger partial charge in [-0.3, -0.25) is 9.59 Å². The van der Waals surface area contributed by atoms with Crippen molar-refractivity contribution in [3.8, 4) is 6.07 Å². The Hall–Kier alpha value is -3.58. The lowest BCUT2D eigenvalue weighted by atomic mass is 9.99. The summed E-state index contributed by atoms with van der Waals surface area (Å²) in [6.45, 7) is 1.63. The number of carbonyl (C=O) groups excluding carboxylic acids is 2. The van der Waals surface area contributed by atoms with Gasteiger partial charge < -0.3 is 15.1 Å². The van der Waals surface area contributed by atoms with E-state index in [-0.39, 0.29) is 17.8 Å². The number of aromatic nitrogens is 1. The van der Waals surface area contributed by atoms with Gasteiger partial charge in [-0.2, -0.15) is 18.4 Å². The predicted molar refractivity (Wildman–Crippen MR) is 120 cm³/mol. The van der Waals surface area contributed by atoms with Crippen LogP contribution < -0.4 is 10.6 Å². The Labute approximate surface area is 203 Å². The van der Waals surface area contributed by atoms with E-state index in [0.29, 0.717) is 23.4 Å². The van der Waals surface area contributed by atoms with Crippen molar-refractivity contribution in [2.75, 3.05) is 0 Å². The van der Waals surface area contributed by atoms with E-state index in [0.717, 1.165) is 6.07 Å². The molecule has 182 valence electrons. The number of nitrogens with zero attached hydrogens (tertiary/aromatic N) is 2. The first-order valence-corrected chi connectivity index (χ1v) is 11.1. The van der Waals surface area contributed by atoms with Gasteiger partial charge in [0.15, 0.2) is 11.5 Å². The summed E-state index contributed by atoms with van der Waals surface area (Å²) >= 11 is 6.01. The lowest BCUT2D eigenvalue weighted by Gasteiger charge is -2.21. The fourth-order valence-corrected chi connectivity index (χ4v) is 3.83. The summed E-state index contributed by atoms with van der Waals surface area (Å²) in [5.41, 5.74) is -1.87. The average molecular weight is 505 g/mol. The van der Waals surface area contributed by atoms with Crippen molar-refractivity contribution in [1.29, 1.82) is 5.26 Å². The number of alkyl halides is 3. The molecule has 1 aromatic heterocycles. The molecule has 11 heteroatoms. The van der Waals surface area contributed by atoms with Gasteiger partial charge in [0.05, 0.1) is 18.4 Å². The third-order valence-corrected chi connectivity index (χ3v) is 6.08. The highest BCUT2D eigenvalue weighted by Crippen LogP contribution is 2.36. The van der Waals surface area contributed by atoms with Crippen LogP contribution in [0.2, 0.25) is 5.02 Å². The Balaban J connectivity index is 1.60. The van der Waals surface area contributed by atoms with Crippen molar-refractivity contribution in [3.05, 3.63) is 64.5 Å². The van der Waals surface area contributed by atoms with Crippen LogP contribution in [-0.2, 0) is 22.2 Å². The second kappa shape index (κ2) is 9.23. The number of rotatable bonds is 7. The Bertz CT molecular complexity index is 1330. The predicted octanol–water partition coefficient (Wildman–Crippen LogP) is 4.50. The number of halogens is 4. The summed E-state index contributed by atoms with van der Waals surface area (Å²) in [5, 5.41) is 15.0. The Morgan fingerprint density at radius 2 is 1.94 bits per heavy atom. The number of benzene rings is 2. The first-order valence-electron chi connectivity index (χ1n) is 10.8. The minimum atomic E-state index is -4.65. The van der Waals surface area contributed by atoms with E-state index in [1.807, 2.05) is 6.07 Å². The van der Waals surface area contributed by atoms with E-state index in [4.69, 9.17) is 16.0 Å². The number of nitriles is 1. The number of hydrogen-bond acceptors (Lipinski definition) is 5. The molecule has 1 fully saturated rings. The fourth-order valence-electron chi connectivity index (χ4n) is 3.63. The third-order valence-electron chi connectivity index (χ3n) is 5.84. The van der Waals surface area contributed by atoms with Gasteiger partial charge in [0, 0.05) is 5.02 Å². The molecule has 2 amide bonds. The molecular formula is C24H20ClF3N4O3. The monoisotopic (exact) mass is 504 g/mol. The number of hydrogen-bond donors (Lipinski definition) is 2. The van der Waals surface area contributed by atoms with Crippen LogP contribution in [0.4, 0.5) is 13.2 Å². The zero-order valence-corrected chi connectivity index (χ0v) is 19.2. The molecule has 3 aromatic rings. The highest BCUT2D eigenvalue weighted by molar-refractivity contribution is 6.30. The Kier molecular flexibility index (Phi) is 6.47. The van der Waals surface area contributed by atoms with Gasteiger partial charge in [0.2, 0.25) is 11.8 Å². The molecule has 1 unspecified atom stereocenters. The van der Waals surface area contributed by atoms with Gasteiger partial charge in [-0.15, -0.1) is 0 Å². The van der Waals surface area contributed by atoms with Crippen molar-refractivity contribution in [3.63, 3.8) is 0 Å². The number of nitrogens with one attached hydrogen (secondary N) is 2. The van der Waals surface area contributed by atoms with Crippen LogP contribution in [0.1, 0.15) is 42.7 Å². The first kappa shape index (κ1) is 24.5. The van der Waals surface area contributed by atoms with E-state index < -0.39 is 46.6 Å². The molecule has 1 heterocycles. The van der Waals surface area contributed by atoms with Crippen LogP contribution in [0.15, 0.2) is 46.9 Å². The topological polar surface area (TPSA) is 108 Å². The van der Waals surface area contributed by atoms with Crippen LogP contribution in [0.3, 0.4) is 0 Å². The average Bonchev–Trinajstić information content (AvgIpc) is 3.45. The van der Waals surface area contributed by atoms with Crippen LogP contribution in [0.25, 0.3) is 11.1 Å². The highest BCUT2D eigenvalue weighted by atomic mass is 35.5. The molecule has 0 radical (unpaired) electrons. The molecule has 0 aliphatic heterocycles. The number of para-hydroxylation sites is 1. The fraction of sp³-hybridized carbons (Fsp3) is 0.333. The molecule has 7 nitrogen and oxygen atoms in total. The Morgan fingerprint density at radius 3 is 2.57 bits per heavy atom. The van der Waals surface area contributed by atoms with Gasteiger partial charge in [0.25, 0.3) is 0 Å². The summed E-state index contributed by atoms with van der Waals surface area (Å²) in [5.74, 6) is -2.01. The number of oxazole rings is 1. The van der Waals surface area contributed by atoms with Gasteiger partial charge in [-0.25, -0.2) is 4.98 Å². The largest absolute Gasteiger partial charge is 0.440 e. The minimum absolute atomic E-state index is 0.0247. The van der Waals surface area contributed by atoms with Crippen LogP contribution >= 0.6 is 11.6 Å². The second-order valence-electron chi connectivity index (χ2n) is 8.48. The van der Waals surface area contributed by atoms with Gasteiger partial charge in [-0.05, 0) is 49.6 Å². The molecular weight excluding hydrogens is 485 g/mol. The van der Waals surface area contributed by atoms with Crippen molar-refractivity contribution in [2.45, 2.75) is 49.9 Å². The maximum absolute atomic E-state index is 13.4. The van der Waals surface area contributed by atoms with Crippen molar-refractivity contribution in [1.82, 2.24) is 15.6 Å². The molecule has 2 aromatic carbocycles.